The van der Waals surface area contributed by atoms with E-state index in [9.17, 15) is 5.11 Å². The van der Waals surface area contributed by atoms with Gasteiger partial charge in [0.15, 0.2) is 0 Å². The molecule has 0 atom stereocenters. The fraction of sp³-hybridized carbons (Fsp3) is 0.583. The van der Waals surface area contributed by atoms with Crippen LogP contribution in [0.5, 0.6) is 0 Å². The van der Waals surface area contributed by atoms with Crippen molar-refractivity contribution in [2.24, 2.45) is 0 Å². The normalized spacial score (nSPS) is 21.5. The number of aromatic nitrogens is 1. The van der Waals surface area contributed by atoms with Crippen molar-refractivity contribution in [2.75, 3.05) is 19.6 Å². The van der Waals surface area contributed by atoms with Crippen LogP contribution in [0.4, 0.5) is 0 Å². The quantitative estimate of drug-likeness (QED) is 0.794. The topological polar surface area (TPSA) is 36.4 Å². The molecule has 3 nitrogen and oxygen atoms in total. The van der Waals surface area contributed by atoms with E-state index in [-0.39, 0.29) is 0 Å². The van der Waals surface area contributed by atoms with Gasteiger partial charge in [0.2, 0.25) is 0 Å². The molecule has 0 unspecified atom stereocenters. The molecule has 1 saturated heterocycles. The van der Waals surface area contributed by atoms with E-state index in [1.54, 1.807) is 12.4 Å². The van der Waals surface area contributed by atoms with Gasteiger partial charge in [-0.25, -0.2) is 0 Å². The third-order valence-electron chi connectivity index (χ3n) is 3.33. The van der Waals surface area contributed by atoms with Gasteiger partial charge in [0, 0.05) is 31.0 Å². The number of pyridine rings is 1. The molecule has 2 rings (SSSR count). The minimum Gasteiger partial charge on any atom is -0.385 e. The lowest BCUT2D eigenvalue weighted by Gasteiger charge is -2.37. The van der Waals surface area contributed by atoms with Gasteiger partial charge in [-0.05, 0) is 25.5 Å². The molecule has 1 aliphatic rings. The lowest BCUT2D eigenvalue weighted by molar-refractivity contribution is -0.0249. The molecule has 0 aliphatic carbocycles. The summed E-state index contributed by atoms with van der Waals surface area (Å²) in [6.07, 6.45) is 5.15. The van der Waals surface area contributed by atoms with Crippen LogP contribution in [0, 0.1) is 0 Å². The van der Waals surface area contributed by atoms with Crippen molar-refractivity contribution < 1.29 is 5.11 Å². The standard InChI is InChI=1S/C12H18N2O/c1-2-14-8-5-12(15,6-9-14)11-4-3-7-13-10-11/h3-4,7,10,15H,2,5-6,8-9H2,1H3. The van der Waals surface area contributed by atoms with Gasteiger partial charge in [0.25, 0.3) is 0 Å². The maximum absolute atomic E-state index is 10.5. The Morgan fingerprint density at radius 3 is 2.73 bits per heavy atom. The van der Waals surface area contributed by atoms with Crippen LogP contribution in [0.25, 0.3) is 0 Å². The molecule has 1 aliphatic heterocycles. The SMILES string of the molecule is CCN1CCC(O)(c2cccnc2)CC1. The summed E-state index contributed by atoms with van der Waals surface area (Å²) in [5.74, 6) is 0. The van der Waals surface area contributed by atoms with E-state index in [1.807, 2.05) is 12.1 Å². The fourth-order valence-electron chi connectivity index (χ4n) is 2.17. The predicted octanol–water partition coefficient (Wildman–Crippen LogP) is 1.38. The first kappa shape index (κ1) is 10.6. The maximum Gasteiger partial charge on any atom is 0.0935 e. The van der Waals surface area contributed by atoms with Gasteiger partial charge in [0.1, 0.15) is 0 Å². The van der Waals surface area contributed by atoms with Crippen molar-refractivity contribution in [3.8, 4) is 0 Å². The molecule has 1 aromatic rings. The van der Waals surface area contributed by atoms with Crippen LogP contribution in [0.3, 0.4) is 0 Å². The summed E-state index contributed by atoms with van der Waals surface area (Å²) in [4.78, 5) is 6.44. The summed E-state index contributed by atoms with van der Waals surface area (Å²) in [7, 11) is 0. The number of hydrogen-bond donors (Lipinski definition) is 1. The molecule has 3 heteroatoms. The van der Waals surface area contributed by atoms with E-state index in [4.69, 9.17) is 0 Å². The third kappa shape index (κ3) is 2.19. The number of aliphatic hydroxyl groups is 1. The van der Waals surface area contributed by atoms with Crippen molar-refractivity contribution in [1.29, 1.82) is 0 Å². The summed E-state index contributed by atoms with van der Waals surface area (Å²) in [5, 5.41) is 10.5. The minimum absolute atomic E-state index is 0.653. The smallest absolute Gasteiger partial charge is 0.0935 e. The summed E-state index contributed by atoms with van der Waals surface area (Å²) in [6.45, 7) is 5.18. The highest BCUT2D eigenvalue weighted by Gasteiger charge is 2.33. The largest absolute Gasteiger partial charge is 0.385 e. The Kier molecular flexibility index (Phi) is 3.03. The highest BCUT2D eigenvalue weighted by molar-refractivity contribution is 5.18. The van der Waals surface area contributed by atoms with Crippen molar-refractivity contribution in [3.63, 3.8) is 0 Å². The highest BCUT2D eigenvalue weighted by Crippen LogP contribution is 2.31. The second-order valence-electron chi connectivity index (χ2n) is 4.21. The van der Waals surface area contributed by atoms with Crippen LogP contribution in [0.1, 0.15) is 25.3 Å². The summed E-state index contributed by atoms with van der Waals surface area (Å²) >= 11 is 0. The van der Waals surface area contributed by atoms with Crippen LogP contribution in [-0.2, 0) is 5.60 Å². The van der Waals surface area contributed by atoms with E-state index in [2.05, 4.69) is 16.8 Å². The number of nitrogens with zero attached hydrogens (tertiary/aromatic N) is 2. The van der Waals surface area contributed by atoms with Crippen molar-refractivity contribution in [1.82, 2.24) is 9.88 Å². The Labute approximate surface area is 90.8 Å². The number of hydrogen-bond acceptors (Lipinski definition) is 3. The Balaban J connectivity index is 2.10. The molecule has 0 spiro atoms. The van der Waals surface area contributed by atoms with E-state index in [1.165, 1.54) is 0 Å². The van der Waals surface area contributed by atoms with E-state index < -0.39 is 5.60 Å². The third-order valence-corrected chi connectivity index (χ3v) is 3.33. The first-order valence-corrected chi connectivity index (χ1v) is 5.60. The zero-order valence-electron chi connectivity index (χ0n) is 9.19. The molecule has 2 heterocycles. The van der Waals surface area contributed by atoms with Crippen molar-refractivity contribution >= 4 is 0 Å². The van der Waals surface area contributed by atoms with Crippen molar-refractivity contribution in [3.05, 3.63) is 30.1 Å². The highest BCUT2D eigenvalue weighted by atomic mass is 16.3. The zero-order valence-corrected chi connectivity index (χ0v) is 9.19. The molecule has 0 amide bonds. The van der Waals surface area contributed by atoms with Gasteiger partial charge in [0.05, 0.1) is 5.60 Å². The fourth-order valence-corrected chi connectivity index (χ4v) is 2.17. The van der Waals surface area contributed by atoms with Gasteiger partial charge >= 0.3 is 0 Å². The predicted molar refractivity (Wildman–Crippen MR) is 59.5 cm³/mol. The van der Waals surface area contributed by atoms with E-state index >= 15 is 0 Å². The minimum atomic E-state index is -0.653. The molecule has 1 fully saturated rings. The molecular formula is C12H18N2O. The first-order chi connectivity index (χ1) is 7.24. The van der Waals surface area contributed by atoms with Gasteiger partial charge in [-0.15, -0.1) is 0 Å². The molecule has 1 aromatic heterocycles. The molecular weight excluding hydrogens is 188 g/mol. The average molecular weight is 206 g/mol. The molecule has 82 valence electrons. The lowest BCUT2D eigenvalue weighted by atomic mass is 9.85. The first-order valence-electron chi connectivity index (χ1n) is 5.60. The summed E-state index contributed by atoms with van der Waals surface area (Å²) in [6, 6.07) is 3.86. The van der Waals surface area contributed by atoms with Crippen LogP contribution in [0.2, 0.25) is 0 Å². The average Bonchev–Trinajstić information content (AvgIpc) is 2.31. The maximum atomic E-state index is 10.5. The molecule has 15 heavy (non-hydrogen) atoms. The Morgan fingerprint density at radius 2 is 2.20 bits per heavy atom. The molecule has 0 radical (unpaired) electrons. The monoisotopic (exact) mass is 206 g/mol. The summed E-state index contributed by atoms with van der Waals surface area (Å²) in [5.41, 5.74) is 0.306. The molecule has 0 bridgehead atoms. The lowest BCUT2D eigenvalue weighted by Crippen LogP contribution is -2.42. The van der Waals surface area contributed by atoms with Crippen molar-refractivity contribution in [2.45, 2.75) is 25.4 Å². The summed E-state index contributed by atoms with van der Waals surface area (Å²) < 4.78 is 0. The molecule has 1 N–H and O–H groups in total. The van der Waals surface area contributed by atoms with E-state index in [0.29, 0.717) is 0 Å². The van der Waals surface area contributed by atoms with Gasteiger partial charge < -0.3 is 10.0 Å². The Bertz CT molecular complexity index is 305. The van der Waals surface area contributed by atoms with Crippen LogP contribution >= 0.6 is 0 Å². The number of likely N-dealkylation sites (tertiary alicyclic amines) is 1. The van der Waals surface area contributed by atoms with Gasteiger partial charge in [-0.1, -0.05) is 13.0 Å². The van der Waals surface area contributed by atoms with Gasteiger partial charge in [-0.3, -0.25) is 4.98 Å². The van der Waals surface area contributed by atoms with Gasteiger partial charge in [-0.2, -0.15) is 0 Å². The van der Waals surface area contributed by atoms with Crippen LogP contribution < -0.4 is 0 Å². The number of piperidine rings is 1. The van der Waals surface area contributed by atoms with E-state index in [0.717, 1.165) is 38.0 Å². The van der Waals surface area contributed by atoms with Crippen LogP contribution in [-0.4, -0.2) is 34.6 Å². The second kappa shape index (κ2) is 4.29. The Morgan fingerprint density at radius 1 is 1.47 bits per heavy atom. The second-order valence-corrected chi connectivity index (χ2v) is 4.21. The molecule has 0 aromatic carbocycles. The number of rotatable bonds is 2. The molecule has 0 saturated carbocycles. The zero-order chi connectivity index (χ0) is 10.7. The Hall–Kier alpha value is -0.930. The van der Waals surface area contributed by atoms with Crippen LogP contribution in [0.15, 0.2) is 24.5 Å².